The van der Waals surface area contributed by atoms with Crippen molar-refractivity contribution in [1.29, 1.82) is 0 Å². The van der Waals surface area contributed by atoms with Gasteiger partial charge in [-0.05, 0) is 25.9 Å². The minimum absolute atomic E-state index is 0.0385. The van der Waals surface area contributed by atoms with Crippen LogP contribution in [-0.2, 0) is 4.43 Å². The Hall–Kier alpha value is 0.107. The normalized spacial score (nSPS) is 12.6. The van der Waals surface area contributed by atoms with Crippen LogP contribution in [-0.4, -0.2) is 14.8 Å². The van der Waals surface area contributed by atoms with Crippen LogP contribution in [0.1, 0.15) is 27.7 Å². The van der Waals surface area contributed by atoms with Gasteiger partial charge in [-0.15, -0.1) is 0 Å². The van der Waals surface area contributed by atoms with E-state index in [4.69, 9.17) is 4.43 Å². The largest absolute Gasteiger partial charge is 0.389 e. The third kappa shape index (κ3) is 3.32. The second kappa shape index (κ2) is 4.08. The van der Waals surface area contributed by atoms with Crippen LogP contribution in [0.4, 0.5) is 4.11 Å². The van der Waals surface area contributed by atoms with Crippen molar-refractivity contribution in [1.82, 2.24) is 0 Å². The molecule has 1 nitrogen and oxygen atoms in total. The summed E-state index contributed by atoms with van der Waals surface area (Å²) in [4.78, 5) is 0. The van der Waals surface area contributed by atoms with Crippen molar-refractivity contribution in [3.05, 3.63) is 0 Å². The highest BCUT2D eigenvalue weighted by Gasteiger charge is 2.32. The third-order valence-electron chi connectivity index (χ3n) is 1.50. The zero-order valence-electron chi connectivity index (χ0n) is 7.28. The van der Waals surface area contributed by atoms with Crippen molar-refractivity contribution in [3.63, 3.8) is 0 Å². The van der Waals surface area contributed by atoms with Crippen LogP contribution in [0.3, 0.4) is 0 Å². The zero-order valence-corrected chi connectivity index (χ0v) is 8.28. The standard InChI is InChI=1S/C7H17FOSi/c1-5-10(8,6-2)9-7(3)4/h7H,5-6H2,1-4H3. The Bertz CT molecular complexity index is 91.6. The predicted octanol–water partition coefficient (Wildman–Crippen LogP) is 2.86. The monoisotopic (exact) mass is 164 g/mol. The van der Waals surface area contributed by atoms with Crippen molar-refractivity contribution in [3.8, 4) is 0 Å². The van der Waals surface area contributed by atoms with Crippen LogP contribution in [0.5, 0.6) is 0 Å². The van der Waals surface area contributed by atoms with Crippen LogP contribution < -0.4 is 0 Å². The van der Waals surface area contributed by atoms with Gasteiger partial charge in [-0.2, -0.15) is 0 Å². The van der Waals surface area contributed by atoms with E-state index < -0.39 is 8.65 Å². The molecule has 0 N–H and O–H groups in total. The summed E-state index contributed by atoms with van der Waals surface area (Å²) in [6.07, 6.45) is 0.0385. The first-order valence-corrected chi connectivity index (χ1v) is 6.11. The minimum atomic E-state index is -2.76. The van der Waals surface area contributed by atoms with Gasteiger partial charge >= 0.3 is 8.65 Å². The van der Waals surface area contributed by atoms with Gasteiger partial charge in [0.1, 0.15) is 0 Å². The molecule has 0 aliphatic carbocycles. The van der Waals surface area contributed by atoms with Crippen LogP contribution in [0.15, 0.2) is 0 Å². The Morgan fingerprint density at radius 1 is 1.30 bits per heavy atom. The maximum Gasteiger partial charge on any atom is 0.383 e. The Kier molecular flexibility index (Phi) is 4.13. The lowest BCUT2D eigenvalue weighted by Gasteiger charge is -2.21. The molecule has 0 amide bonds. The molecule has 10 heavy (non-hydrogen) atoms. The fourth-order valence-electron chi connectivity index (χ4n) is 0.839. The molecule has 62 valence electrons. The Balaban J connectivity index is 3.80. The molecule has 0 rings (SSSR count). The first kappa shape index (κ1) is 10.1. The van der Waals surface area contributed by atoms with Gasteiger partial charge in [0.25, 0.3) is 0 Å². The first-order chi connectivity index (χ1) is 4.54. The molecule has 3 heteroatoms. The summed E-state index contributed by atoms with van der Waals surface area (Å²) in [5, 5.41) is 0. The summed E-state index contributed by atoms with van der Waals surface area (Å²) < 4.78 is 18.6. The molecule has 0 unspecified atom stereocenters. The summed E-state index contributed by atoms with van der Waals surface area (Å²) >= 11 is 0. The highest BCUT2D eigenvalue weighted by molar-refractivity contribution is 6.66. The van der Waals surface area contributed by atoms with E-state index in [0.717, 1.165) is 0 Å². The smallest absolute Gasteiger partial charge is 0.383 e. The molecular weight excluding hydrogens is 147 g/mol. The molecule has 0 heterocycles. The Labute approximate surface area is 63.9 Å². The average Bonchev–Trinajstić information content (AvgIpc) is 1.87. The summed E-state index contributed by atoms with van der Waals surface area (Å²) in [5.74, 6) is 0. The van der Waals surface area contributed by atoms with Crippen molar-refractivity contribution in [2.45, 2.75) is 45.9 Å². The number of hydrogen-bond donors (Lipinski definition) is 0. The first-order valence-electron chi connectivity index (χ1n) is 3.90. The lowest BCUT2D eigenvalue weighted by molar-refractivity contribution is 0.199. The van der Waals surface area contributed by atoms with Gasteiger partial charge in [-0.1, -0.05) is 13.8 Å². The van der Waals surface area contributed by atoms with E-state index in [1.54, 1.807) is 0 Å². The molecule has 0 aromatic rings. The van der Waals surface area contributed by atoms with Crippen LogP contribution in [0.25, 0.3) is 0 Å². The molecule has 0 saturated heterocycles. The van der Waals surface area contributed by atoms with Gasteiger partial charge in [0.15, 0.2) is 0 Å². The van der Waals surface area contributed by atoms with Crippen LogP contribution in [0, 0.1) is 0 Å². The molecule has 0 spiro atoms. The molecule has 0 aromatic carbocycles. The van der Waals surface area contributed by atoms with E-state index in [-0.39, 0.29) is 6.10 Å². The van der Waals surface area contributed by atoms with Gasteiger partial charge in [0.05, 0.1) is 0 Å². The maximum absolute atomic E-state index is 13.4. The lowest BCUT2D eigenvalue weighted by Crippen LogP contribution is -2.33. The highest BCUT2D eigenvalue weighted by atomic mass is 28.4. The molecule has 0 fully saturated rings. The van der Waals surface area contributed by atoms with Crippen molar-refractivity contribution >= 4 is 8.65 Å². The van der Waals surface area contributed by atoms with E-state index in [0.29, 0.717) is 12.1 Å². The highest BCUT2D eigenvalue weighted by Crippen LogP contribution is 2.19. The quantitative estimate of drug-likeness (QED) is 0.458. The molecular formula is C7H17FOSi. The fourth-order valence-corrected chi connectivity index (χ4v) is 2.52. The zero-order chi connectivity index (χ0) is 8.20. The topological polar surface area (TPSA) is 9.23 Å². The van der Waals surface area contributed by atoms with Gasteiger partial charge in [-0.25, -0.2) is 0 Å². The van der Waals surface area contributed by atoms with Crippen LogP contribution in [0.2, 0.25) is 12.1 Å². The second-order valence-electron chi connectivity index (χ2n) is 2.76. The second-order valence-corrected chi connectivity index (χ2v) is 6.17. The Morgan fingerprint density at radius 3 is 1.80 bits per heavy atom. The SMILES string of the molecule is CC[Si](F)(CC)OC(C)C. The molecule has 0 aromatic heterocycles. The van der Waals surface area contributed by atoms with Gasteiger partial charge in [0, 0.05) is 6.10 Å². The number of halogens is 1. The summed E-state index contributed by atoms with van der Waals surface area (Å²) in [6, 6.07) is 1.14. The van der Waals surface area contributed by atoms with E-state index in [1.165, 1.54) is 0 Å². The molecule has 0 radical (unpaired) electrons. The van der Waals surface area contributed by atoms with E-state index in [1.807, 2.05) is 27.7 Å². The molecule has 0 aliphatic rings. The van der Waals surface area contributed by atoms with Gasteiger partial charge < -0.3 is 4.43 Å². The number of rotatable bonds is 4. The van der Waals surface area contributed by atoms with Crippen molar-refractivity contribution in [2.24, 2.45) is 0 Å². The predicted molar refractivity (Wildman–Crippen MR) is 44.0 cm³/mol. The average molecular weight is 164 g/mol. The van der Waals surface area contributed by atoms with Gasteiger partial charge in [-0.3, -0.25) is 4.11 Å². The summed E-state index contributed by atoms with van der Waals surface area (Å²) in [7, 11) is -2.76. The van der Waals surface area contributed by atoms with Crippen molar-refractivity contribution in [2.75, 3.05) is 0 Å². The maximum atomic E-state index is 13.4. The van der Waals surface area contributed by atoms with Gasteiger partial charge in [0.2, 0.25) is 0 Å². The van der Waals surface area contributed by atoms with E-state index in [2.05, 4.69) is 0 Å². The van der Waals surface area contributed by atoms with E-state index >= 15 is 0 Å². The molecule has 0 atom stereocenters. The third-order valence-corrected chi connectivity index (χ3v) is 4.51. The Morgan fingerprint density at radius 2 is 1.70 bits per heavy atom. The van der Waals surface area contributed by atoms with E-state index in [9.17, 15) is 4.11 Å². The fraction of sp³-hybridized carbons (Fsp3) is 1.00. The number of hydrogen-bond acceptors (Lipinski definition) is 1. The molecule has 0 bridgehead atoms. The molecule has 0 saturated carbocycles. The lowest BCUT2D eigenvalue weighted by atomic mass is 10.5. The summed E-state index contributed by atoms with van der Waals surface area (Å²) in [5.41, 5.74) is 0. The van der Waals surface area contributed by atoms with Crippen molar-refractivity contribution < 1.29 is 8.53 Å². The van der Waals surface area contributed by atoms with Crippen LogP contribution >= 0.6 is 0 Å². The minimum Gasteiger partial charge on any atom is -0.389 e. The summed E-state index contributed by atoms with van der Waals surface area (Å²) in [6.45, 7) is 7.48. The molecule has 0 aliphatic heterocycles.